The summed E-state index contributed by atoms with van der Waals surface area (Å²) in [6.07, 6.45) is 3.04. The Morgan fingerprint density at radius 3 is 2.35 bits per heavy atom. The van der Waals surface area contributed by atoms with Crippen LogP contribution in [0.15, 0.2) is 30.3 Å². The maximum absolute atomic E-state index is 12.5. The lowest BCUT2D eigenvalue weighted by atomic mass is 9.72. The van der Waals surface area contributed by atoms with Crippen molar-refractivity contribution in [3.63, 3.8) is 0 Å². The van der Waals surface area contributed by atoms with Crippen LogP contribution in [0.1, 0.15) is 38.7 Å². The maximum atomic E-state index is 12.5. The van der Waals surface area contributed by atoms with Crippen molar-refractivity contribution in [2.45, 2.75) is 38.6 Å². The molecule has 1 aromatic carbocycles. The van der Waals surface area contributed by atoms with E-state index < -0.39 is 5.91 Å². The quantitative estimate of drug-likeness (QED) is 0.765. The second-order valence-electron chi connectivity index (χ2n) is 6.88. The summed E-state index contributed by atoms with van der Waals surface area (Å²) < 4.78 is 0. The van der Waals surface area contributed by atoms with E-state index in [2.05, 4.69) is 31.3 Å². The molecule has 1 fully saturated rings. The van der Waals surface area contributed by atoms with Crippen molar-refractivity contribution in [2.24, 2.45) is 11.7 Å². The van der Waals surface area contributed by atoms with Crippen LogP contribution >= 0.6 is 0 Å². The van der Waals surface area contributed by atoms with E-state index in [1.54, 1.807) is 0 Å². The largest absolute Gasteiger partial charge is 0.369 e. The minimum absolute atomic E-state index is 0.0459. The summed E-state index contributed by atoms with van der Waals surface area (Å²) in [5, 5.41) is 3.19. The molecule has 126 valence electrons. The molecular formula is C18H27N3O2. The predicted octanol–water partition coefficient (Wildman–Crippen LogP) is 1.63. The van der Waals surface area contributed by atoms with Crippen molar-refractivity contribution >= 4 is 11.8 Å². The van der Waals surface area contributed by atoms with Crippen LogP contribution in [-0.2, 0) is 15.1 Å². The average Bonchev–Trinajstić information content (AvgIpc) is 2.42. The predicted molar refractivity (Wildman–Crippen MR) is 90.6 cm³/mol. The molecule has 2 rings (SSSR count). The lowest BCUT2D eigenvalue weighted by Gasteiger charge is -2.43. The van der Waals surface area contributed by atoms with Gasteiger partial charge in [0.15, 0.2) is 0 Å². The summed E-state index contributed by atoms with van der Waals surface area (Å²) in [6.45, 7) is 5.11. The van der Waals surface area contributed by atoms with E-state index >= 15 is 0 Å². The first-order chi connectivity index (χ1) is 10.9. The number of amides is 2. The van der Waals surface area contributed by atoms with Gasteiger partial charge in [-0.05, 0) is 30.7 Å². The average molecular weight is 317 g/mol. The van der Waals surface area contributed by atoms with E-state index in [1.807, 2.05) is 23.1 Å². The normalized spacial score (nSPS) is 16.2. The number of nitrogens with two attached hydrogens (primary N) is 1. The van der Waals surface area contributed by atoms with Crippen molar-refractivity contribution < 1.29 is 9.59 Å². The molecule has 3 N–H and O–H groups in total. The molecule has 5 nitrogen and oxygen atoms in total. The Morgan fingerprint density at radius 1 is 1.22 bits per heavy atom. The van der Waals surface area contributed by atoms with E-state index in [1.165, 1.54) is 0 Å². The van der Waals surface area contributed by atoms with E-state index in [9.17, 15) is 9.59 Å². The summed E-state index contributed by atoms with van der Waals surface area (Å²) in [4.78, 5) is 25.5. The molecule has 23 heavy (non-hydrogen) atoms. The maximum Gasteiger partial charge on any atom is 0.234 e. The molecule has 1 aliphatic carbocycles. The molecule has 0 heterocycles. The van der Waals surface area contributed by atoms with Gasteiger partial charge in [-0.1, -0.05) is 44.2 Å². The molecule has 5 heteroatoms. The number of nitrogens with zero attached hydrogens (tertiary/aromatic N) is 1. The van der Waals surface area contributed by atoms with Crippen LogP contribution in [0.25, 0.3) is 0 Å². The molecule has 1 aromatic rings. The number of rotatable bonds is 8. The van der Waals surface area contributed by atoms with Crippen LogP contribution in [0.4, 0.5) is 0 Å². The van der Waals surface area contributed by atoms with Gasteiger partial charge in [0.05, 0.1) is 18.6 Å². The molecular weight excluding hydrogens is 290 g/mol. The summed E-state index contributed by atoms with van der Waals surface area (Å²) >= 11 is 0. The van der Waals surface area contributed by atoms with Crippen LogP contribution in [0.2, 0.25) is 0 Å². The number of primary amides is 1. The molecule has 0 radical (unpaired) electrons. The Labute approximate surface area is 138 Å². The minimum atomic E-state index is -0.403. The van der Waals surface area contributed by atoms with Crippen LogP contribution in [0, 0.1) is 5.92 Å². The smallest absolute Gasteiger partial charge is 0.234 e. The lowest BCUT2D eigenvalue weighted by Crippen LogP contribution is -2.54. The molecule has 0 aliphatic heterocycles. The highest BCUT2D eigenvalue weighted by atomic mass is 16.2. The third-order valence-corrected chi connectivity index (χ3v) is 4.28. The molecule has 1 aliphatic rings. The molecule has 0 spiro atoms. The topological polar surface area (TPSA) is 75.4 Å². The van der Waals surface area contributed by atoms with Crippen LogP contribution in [0.5, 0.6) is 0 Å². The first-order valence-corrected chi connectivity index (χ1v) is 8.28. The minimum Gasteiger partial charge on any atom is -0.369 e. The zero-order valence-corrected chi connectivity index (χ0v) is 14.0. The second-order valence-corrected chi connectivity index (χ2v) is 6.88. The Bertz CT molecular complexity index is 538. The molecule has 0 aromatic heterocycles. The van der Waals surface area contributed by atoms with Crippen LogP contribution in [0.3, 0.4) is 0 Å². The van der Waals surface area contributed by atoms with E-state index in [-0.39, 0.29) is 24.5 Å². The van der Waals surface area contributed by atoms with Crippen molar-refractivity contribution in [1.29, 1.82) is 0 Å². The Morgan fingerprint density at radius 2 is 1.87 bits per heavy atom. The van der Waals surface area contributed by atoms with Gasteiger partial charge in [0, 0.05) is 6.54 Å². The van der Waals surface area contributed by atoms with E-state index in [0.717, 1.165) is 24.8 Å². The van der Waals surface area contributed by atoms with Crippen molar-refractivity contribution in [3.05, 3.63) is 35.9 Å². The highest BCUT2D eigenvalue weighted by molar-refractivity contribution is 5.81. The number of carbonyl (C=O) groups excluding carboxylic acids is 2. The summed E-state index contributed by atoms with van der Waals surface area (Å²) in [7, 11) is 0. The van der Waals surface area contributed by atoms with Gasteiger partial charge in [0.2, 0.25) is 11.8 Å². The molecule has 0 unspecified atom stereocenters. The van der Waals surface area contributed by atoms with Gasteiger partial charge in [0.25, 0.3) is 0 Å². The van der Waals surface area contributed by atoms with Crippen molar-refractivity contribution in [1.82, 2.24) is 10.2 Å². The number of benzene rings is 1. The molecule has 0 atom stereocenters. The summed E-state index contributed by atoms with van der Waals surface area (Å²) in [6, 6.07) is 10.1. The zero-order valence-electron chi connectivity index (χ0n) is 14.0. The van der Waals surface area contributed by atoms with Gasteiger partial charge >= 0.3 is 0 Å². The standard InChI is InChI=1S/C18H27N3O2/c1-14(2)11-21(12-16(19)22)13-17(23)20-18(9-6-10-18)15-7-4-3-5-8-15/h3-5,7-8,14H,6,9-13H2,1-2H3,(H2,19,22)(H,20,23). The first kappa shape index (κ1) is 17.5. The number of nitrogens with one attached hydrogen (secondary N) is 1. The third kappa shape index (κ3) is 4.79. The monoisotopic (exact) mass is 317 g/mol. The van der Waals surface area contributed by atoms with E-state index in [0.29, 0.717) is 12.5 Å². The van der Waals surface area contributed by atoms with Crippen molar-refractivity contribution in [2.75, 3.05) is 19.6 Å². The highest BCUT2D eigenvalue weighted by Gasteiger charge is 2.39. The Balaban J connectivity index is 2.00. The van der Waals surface area contributed by atoms with E-state index in [4.69, 9.17) is 5.73 Å². The van der Waals surface area contributed by atoms with Gasteiger partial charge in [-0.25, -0.2) is 0 Å². The SMILES string of the molecule is CC(C)CN(CC(N)=O)CC(=O)NC1(c2ccccc2)CCC1. The molecule has 0 saturated heterocycles. The fraction of sp³-hybridized carbons (Fsp3) is 0.556. The molecule has 2 amide bonds. The zero-order chi connectivity index (χ0) is 16.9. The van der Waals surface area contributed by atoms with Gasteiger partial charge in [0.1, 0.15) is 0 Å². The molecule has 1 saturated carbocycles. The Kier molecular flexibility index (Phi) is 5.77. The Hall–Kier alpha value is -1.88. The fourth-order valence-electron chi connectivity index (χ4n) is 3.20. The van der Waals surface area contributed by atoms with Crippen LogP contribution in [-0.4, -0.2) is 36.3 Å². The highest BCUT2D eigenvalue weighted by Crippen LogP contribution is 2.41. The van der Waals surface area contributed by atoms with Gasteiger partial charge in [-0.15, -0.1) is 0 Å². The van der Waals surface area contributed by atoms with Gasteiger partial charge < -0.3 is 11.1 Å². The second kappa shape index (κ2) is 7.59. The third-order valence-electron chi connectivity index (χ3n) is 4.28. The van der Waals surface area contributed by atoms with Gasteiger partial charge in [-0.2, -0.15) is 0 Å². The van der Waals surface area contributed by atoms with Gasteiger partial charge in [-0.3, -0.25) is 14.5 Å². The van der Waals surface area contributed by atoms with Crippen molar-refractivity contribution in [3.8, 4) is 0 Å². The molecule has 0 bridgehead atoms. The fourth-order valence-corrected chi connectivity index (χ4v) is 3.20. The summed E-state index contributed by atoms with van der Waals surface area (Å²) in [5.41, 5.74) is 6.20. The lowest BCUT2D eigenvalue weighted by molar-refractivity contribution is -0.126. The first-order valence-electron chi connectivity index (χ1n) is 8.28. The number of carbonyl (C=O) groups is 2. The van der Waals surface area contributed by atoms with Crippen LogP contribution < -0.4 is 11.1 Å². The summed E-state index contributed by atoms with van der Waals surface area (Å²) in [5.74, 6) is -0.0794. The number of hydrogen-bond donors (Lipinski definition) is 2. The number of hydrogen-bond acceptors (Lipinski definition) is 3.